The predicted octanol–water partition coefficient (Wildman–Crippen LogP) is 2.17. The maximum atomic E-state index is 12.5. The second-order valence-electron chi connectivity index (χ2n) is 5.18. The molecule has 1 amide bonds. The fourth-order valence-corrected chi connectivity index (χ4v) is 2.41. The first-order valence-electron chi connectivity index (χ1n) is 7.35. The first-order chi connectivity index (χ1) is 11.3. The molecule has 2 aromatic rings. The number of benzene rings is 1. The molecule has 0 atom stereocenters. The van der Waals surface area contributed by atoms with Crippen molar-refractivity contribution in [1.82, 2.24) is 9.88 Å². The van der Waals surface area contributed by atoms with Crippen molar-refractivity contribution in [1.29, 1.82) is 5.26 Å². The molecule has 0 bridgehead atoms. The van der Waals surface area contributed by atoms with E-state index in [9.17, 15) is 4.79 Å². The van der Waals surface area contributed by atoms with E-state index >= 15 is 0 Å². The third-order valence-electron chi connectivity index (χ3n) is 3.56. The van der Waals surface area contributed by atoms with Crippen LogP contribution in [0.1, 0.15) is 15.9 Å². The Morgan fingerprint density at radius 1 is 1.22 bits per heavy atom. The van der Waals surface area contributed by atoms with E-state index in [1.807, 2.05) is 6.07 Å². The summed E-state index contributed by atoms with van der Waals surface area (Å²) in [5, 5.41) is 12.1. The number of pyridine rings is 1. The van der Waals surface area contributed by atoms with Gasteiger partial charge in [0, 0.05) is 25.0 Å². The van der Waals surface area contributed by atoms with E-state index in [4.69, 9.17) is 10.00 Å². The van der Waals surface area contributed by atoms with Crippen LogP contribution in [0, 0.1) is 11.3 Å². The molecule has 116 valence electrons. The number of anilines is 2. The molecule has 2 heterocycles. The number of carbonyl (C=O) groups excluding carboxylic acids is 1. The van der Waals surface area contributed by atoms with Crippen LogP contribution in [0.4, 0.5) is 11.4 Å². The van der Waals surface area contributed by atoms with Crippen LogP contribution >= 0.6 is 0 Å². The van der Waals surface area contributed by atoms with Gasteiger partial charge in [0.25, 0.3) is 5.91 Å². The van der Waals surface area contributed by atoms with Crippen LogP contribution in [0.25, 0.3) is 0 Å². The lowest BCUT2D eigenvalue weighted by Crippen LogP contribution is -2.40. The minimum absolute atomic E-state index is 0.0461. The number of nitrogens with one attached hydrogen (secondary N) is 1. The summed E-state index contributed by atoms with van der Waals surface area (Å²) in [5.41, 5.74) is 2.60. The van der Waals surface area contributed by atoms with Crippen molar-refractivity contribution in [2.75, 3.05) is 31.6 Å². The summed E-state index contributed by atoms with van der Waals surface area (Å²) in [4.78, 5) is 18.4. The van der Waals surface area contributed by atoms with Crippen LogP contribution < -0.4 is 5.32 Å². The topological polar surface area (TPSA) is 78.2 Å². The van der Waals surface area contributed by atoms with E-state index in [1.165, 1.54) is 0 Å². The average Bonchev–Trinajstić information content (AvgIpc) is 2.62. The summed E-state index contributed by atoms with van der Waals surface area (Å²) in [6.07, 6.45) is 3.21. The van der Waals surface area contributed by atoms with Gasteiger partial charge in [-0.15, -0.1) is 0 Å². The van der Waals surface area contributed by atoms with Crippen LogP contribution in [0.2, 0.25) is 0 Å². The van der Waals surface area contributed by atoms with Crippen LogP contribution in [0.3, 0.4) is 0 Å². The predicted molar refractivity (Wildman–Crippen MR) is 85.4 cm³/mol. The molecule has 0 unspecified atom stereocenters. The van der Waals surface area contributed by atoms with E-state index in [1.54, 1.807) is 41.6 Å². The summed E-state index contributed by atoms with van der Waals surface area (Å²) in [5.74, 6) is -0.0461. The van der Waals surface area contributed by atoms with Crippen molar-refractivity contribution in [2.24, 2.45) is 0 Å². The molecular weight excluding hydrogens is 292 g/mol. The third-order valence-corrected chi connectivity index (χ3v) is 3.56. The van der Waals surface area contributed by atoms with E-state index in [0.717, 1.165) is 5.69 Å². The van der Waals surface area contributed by atoms with Crippen LogP contribution in [-0.2, 0) is 4.74 Å². The van der Waals surface area contributed by atoms with Crippen molar-refractivity contribution in [2.45, 2.75) is 0 Å². The Bertz CT molecular complexity index is 748. The third kappa shape index (κ3) is 3.65. The Labute approximate surface area is 134 Å². The standard InChI is InChI=1S/C17H16N4O2/c18-10-13-2-1-3-15(8-13)20-16-9-14(11-19-12-16)17(22)21-4-6-23-7-5-21/h1-3,8-9,11-12,20H,4-7H2. The van der Waals surface area contributed by atoms with Gasteiger partial charge in [-0.3, -0.25) is 9.78 Å². The summed E-state index contributed by atoms with van der Waals surface area (Å²) in [6.45, 7) is 2.33. The Morgan fingerprint density at radius 3 is 2.83 bits per heavy atom. The minimum Gasteiger partial charge on any atom is -0.378 e. The van der Waals surface area contributed by atoms with Gasteiger partial charge in [0.05, 0.1) is 42.3 Å². The molecule has 1 fully saturated rings. The molecule has 3 rings (SSSR count). The number of morpholine rings is 1. The number of aromatic nitrogens is 1. The van der Waals surface area contributed by atoms with Gasteiger partial charge < -0.3 is 15.0 Å². The largest absolute Gasteiger partial charge is 0.378 e. The number of hydrogen-bond donors (Lipinski definition) is 1. The maximum Gasteiger partial charge on any atom is 0.255 e. The highest BCUT2D eigenvalue weighted by molar-refractivity contribution is 5.95. The zero-order valence-electron chi connectivity index (χ0n) is 12.5. The normalized spacial score (nSPS) is 14.1. The average molecular weight is 308 g/mol. The monoisotopic (exact) mass is 308 g/mol. The SMILES string of the molecule is N#Cc1cccc(Nc2cncc(C(=O)N3CCOCC3)c2)c1. The Balaban J connectivity index is 1.76. The molecule has 1 aromatic heterocycles. The minimum atomic E-state index is -0.0461. The number of carbonyl (C=O) groups is 1. The van der Waals surface area contributed by atoms with Gasteiger partial charge in [0.1, 0.15) is 0 Å². The molecule has 1 aromatic carbocycles. The second kappa shape index (κ2) is 6.90. The van der Waals surface area contributed by atoms with Crippen molar-refractivity contribution in [3.05, 3.63) is 53.9 Å². The summed E-state index contributed by atoms with van der Waals surface area (Å²) < 4.78 is 5.26. The van der Waals surface area contributed by atoms with E-state index in [2.05, 4.69) is 16.4 Å². The zero-order valence-corrected chi connectivity index (χ0v) is 12.5. The molecule has 1 aliphatic rings. The molecule has 6 nitrogen and oxygen atoms in total. The lowest BCUT2D eigenvalue weighted by atomic mass is 10.2. The summed E-state index contributed by atoms with van der Waals surface area (Å²) in [7, 11) is 0. The molecule has 23 heavy (non-hydrogen) atoms. The first-order valence-corrected chi connectivity index (χ1v) is 7.35. The molecule has 1 aliphatic heterocycles. The Hall–Kier alpha value is -2.91. The molecule has 6 heteroatoms. The second-order valence-corrected chi connectivity index (χ2v) is 5.18. The number of amides is 1. The number of nitriles is 1. The number of rotatable bonds is 3. The number of ether oxygens (including phenoxy) is 1. The Morgan fingerprint density at radius 2 is 2.04 bits per heavy atom. The molecule has 0 radical (unpaired) electrons. The molecule has 1 saturated heterocycles. The molecular formula is C17H16N4O2. The fraction of sp³-hybridized carbons (Fsp3) is 0.235. The molecule has 1 N–H and O–H groups in total. The van der Waals surface area contributed by atoms with Crippen molar-refractivity contribution in [3.63, 3.8) is 0 Å². The van der Waals surface area contributed by atoms with E-state index in [-0.39, 0.29) is 5.91 Å². The highest BCUT2D eigenvalue weighted by Crippen LogP contribution is 2.18. The molecule has 0 aliphatic carbocycles. The van der Waals surface area contributed by atoms with Crippen molar-refractivity contribution in [3.8, 4) is 6.07 Å². The highest BCUT2D eigenvalue weighted by atomic mass is 16.5. The Kier molecular flexibility index (Phi) is 4.50. The maximum absolute atomic E-state index is 12.5. The lowest BCUT2D eigenvalue weighted by Gasteiger charge is -2.26. The number of nitrogens with zero attached hydrogens (tertiary/aromatic N) is 3. The quantitative estimate of drug-likeness (QED) is 0.940. The smallest absolute Gasteiger partial charge is 0.255 e. The van der Waals surface area contributed by atoms with Gasteiger partial charge >= 0.3 is 0 Å². The molecule has 0 spiro atoms. The van der Waals surface area contributed by atoms with E-state index in [0.29, 0.717) is 43.1 Å². The summed E-state index contributed by atoms with van der Waals surface area (Å²) >= 11 is 0. The zero-order chi connectivity index (χ0) is 16.1. The first kappa shape index (κ1) is 15.0. The van der Waals surface area contributed by atoms with Crippen LogP contribution in [0.5, 0.6) is 0 Å². The summed E-state index contributed by atoms with van der Waals surface area (Å²) in [6, 6.07) is 11.0. The van der Waals surface area contributed by atoms with Crippen molar-refractivity contribution < 1.29 is 9.53 Å². The van der Waals surface area contributed by atoms with Gasteiger partial charge in [0.15, 0.2) is 0 Å². The van der Waals surface area contributed by atoms with Gasteiger partial charge in [0.2, 0.25) is 0 Å². The van der Waals surface area contributed by atoms with Crippen molar-refractivity contribution >= 4 is 17.3 Å². The fourth-order valence-electron chi connectivity index (χ4n) is 2.41. The highest BCUT2D eigenvalue weighted by Gasteiger charge is 2.19. The van der Waals surface area contributed by atoms with E-state index < -0.39 is 0 Å². The molecule has 0 saturated carbocycles. The van der Waals surface area contributed by atoms with Crippen LogP contribution in [0.15, 0.2) is 42.7 Å². The van der Waals surface area contributed by atoms with Gasteiger partial charge in [-0.2, -0.15) is 5.26 Å². The lowest BCUT2D eigenvalue weighted by molar-refractivity contribution is 0.0302. The van der Waals surface area contributed by atoms with Gasteiger partial charge in [-0.25, -0.2) is 0 Å². The van der Waals surface area contributed by atoms with Crippen LogP contribution in [-0.4, -0.2) is 42.1 Å². The van der Waals surface area contributed by atoms with Gasteiger partial charge in [-0.05, 0) is 24.3 Å². The number of hydrogen-bond acceptors (Lipinski definition) is 5. The van der Waals surface area contributed by atoms with Gasteiger partial charge in [-0.1, -0.05) is 6.07 Å².